The normalized spacial score (nSPS) is 15.2. The fourth-order valence-corrected chi connectivity index (χ4v) is 5.37. The number of benzene rings is 1. The zero-order valence-corrected chi connectivity index (χ0v) is 16.6. The van der Waals surface area contributed by atoms with E-state index < -0.39 is 10.0 Å². The summed E-state index contributed by atoms with van der Waals surface area (Å²) in [6, 6.07) is 10.9. The Bertz CT molecular complexity index is 429. The number of hydrogen-bond donors (Lipinski definition) is 1. The highest BCUT2D eigenvalue weighted by atomic mass is 32.3. The van der Waals surface area contributed by atoms with Crippen molar-refractivity contribution in [1.29, 1.82) is 0 Å². The van der Waals surface area contributed by atoms with E-state index in [4.69, 9.17) is 5.11 Å². The maximum Gasteiger partial charge on any atom is 0.0319 e. The Morgan fingerprint density at radius 2 is 1.59 bits per heavy atom. The highest BCUT2D eigenvalue weighted by Crippen LogP contribution is 2.68. The van der Waals surface area contributed by atoms with Gasteiger partial charge in [0.1, 0.15) is 0 Å². The molecule has 0 radical (unpaired) electrons. The summed E-state index contributed by atoms with van der Waals surface area (Å²) >= 11 is 0. The molecule has 0 amide bonds. The number of allylic oxidation sites excluding steroid dienone is 2. The third-order valence-electron chi connectivity index (χ3n) is 3.52. The van der Waals surface area contributed by atoms with Gasteiger partial charge >= 0.3 is 0 Å². The van der Waals surface area contributed by atoms with Crippen molar-refractivity contribution in [2.45, 2.75) is 57.6 Å². The van der Waals surface area contributed by atoms with Crippen molar-refractivity contribution in [3.05, 3.63) is 54.0 Å². The molecular weight excluding hydrogens is 288 g/mol. The molecule has 0 bridgehead atoms. The van der Waals surface area contributed by atoms with E-state index in [1.807, 2.05) is 13.8 Å². The Morgan fingerprint density at radius 1 is 1.14 bits per heavy atom. The molecule has 0 fully saturated rings. The van der Waals surface area contributed by atoms with Gasteiger partial charge in [-0.3, -0.25) is 0 Å². The van der Waals surface area contributed by atoms with Crippen LogP contribution in [0.3, 0.4) is 0 Å². The monoisotopic (exact) mass is 324 g/mol. The lowest BCUT2D eigenvalue weighted by molar-refractivity contribution is 0.399. The fraction of sp³-hybridized carbons (Fsp3) is 0.500. The molecule has 0 saturated heterocycles. The Labute approximate surface area is 140 Å². The summed E-state index contributed by atoms with van der Waals surface area (Å²) in [5, 5.41) is 7.00. The third kappa shape index (κ3) is 5.66. The smallest absolute Gasteiger partial charge is 0.0319 e. The molecule has 0 aliphatic carbocycles. The van der Waals surface area contributed by atoms with E-state index in [9.17, 15) is 0 Å². The summed E-state index contributed by atoms with van der Waals surface area (Å²) in [6.45, 7) is 17.2. The van der Waals surface area contributed by atoms with E-state index >= 15 is 0 Å². The van der Waals surface area contributed by atoms with Gasteiger partial charge in [0, 0.05) is 7.11 Å². The minimum Gasteiger partial charge on any atom is -0.400 e. The summed E-state index contributed by atoms with van der Waals surface area (Å²) in [5.74, 6) is 0. The molecule has 1 rings (SSSR count). The van der Waals surface area contributed by atoms with E-state index in [-0.39, 0.29) is 4.75 Å². The second-order valence-electron chi connectivity index (χ2n) is 5.56. The highest BCUT2D eigenvalue weighted by molar-refractivity contribution is 8.37. The molecule has 1 nitrogen and oxygen atoms in total. The molecule has 0 spiro atoms. The molecule has 1 unspecified atom stereocenters. The Hall–Kier alpha value is -0.990. The van der Waals surface area contributed by atoms with Crippen LogP contribution in [0, 0.1) is 0 Å². The number of aliphatic hydroxyl groups is 1. The van der Waals surface area contributed by atoms with Crippen LogP contribution >= 0.6 is 10.0 Å². The number of rotatable bonds is 4. The van der Waals surface area contributed by atoms with Crippen LogP contribution < -0.4 is 0 Å². The lowest BCUT2D eigenvalue weighted by Crippen LogP contribution is -2.25. The Kier molecular flexibility index (Phi) is 12.2. The summed E-state index contributed by atoms with van der Waals surface area (Å²) < 4.78 is 0.226. The van der Waals surface area contributed by atoms with Crippen LogP contribution in [0.15, 0.2) is 58.9 Å². The minimum atomic E-state index is -1.04. The van der Waals surface area contributed by atoms with Crippen LogP contribution in [0.4, 0.5) is 0 Å². The SMILES string of the molecule is C=C/C(=C\CC)S(C)(c1ccccc1)C(C)(C)C.CC.CO. The first-order chi connectivity index (χ1) is 10.4. The Balaban J connectivity index is 0. The van der Waals surface area contributed by atoms with Crippen LogP contribution in [-0.4, -0.2) is 23.2 Å². The highest BCUT2D eigenvalue weighted by Gasteiger charge is 2.35. The van der Waals surface area contributed by atoms with Gasteiger partial charge in [0.05, 0.1) is 0 Å². The maximum absolute atomic E-state index is 7.00. The number of hydrogen-bond acceptors (Lipinski definition) is 1. The van der Waals surface area contributed by atoms with E-state index in [2.05, 4.69) is 83.0 Å². The molecule has 0 aliphatic heterocycles. The lowest BCUT2D eigenvalue weighted by atomic mass is 10.3. The van der Waals surface area contributed by atoms with Gasteiger partial charge in [0.15, 0.2) is 0 Å². The Morgan fingerprint density at radius 3 is 1.91 bits per heavy atom. The second-order valence-corrected chi connectivity index (χ2v) is 9.57. The van der Waals surface area contributed by atoms with Gasteiger partial charge < -0.3 is 5.11 Å². The van der Waals surface area contributed by atoms with Gasteiger partial charge in [0.2, 0.25) is 0 Å². The first kappa shape index (κ1) is 23.3. The van der Waals surface area contributed by atoms with Gasteiger partial charge in [-0.15, -0.1) is 0 Å². The van der Waals surface area contributed by atoms with E-state index in [0.29, 0.717) is 0 Å². The molecule has 0 aromatic heterocycles. The van der Waals surface area contributed by atoms with Crippen molar-refractivity contribution < 1.29 is 5.11 Å². The maximum atomic E-state index is 7.00. The van der Waals surface area contributed by atoms with E-state index in [1.54, 1.807) is 0 Å². The lowest BCUT2D eigenvalue weighted by Gasteiger charge is -2.49. The van der Waals surface area contributed by atoms with Crippen molar-refractivity contribution in [2.24, 2.45) is 0 Å². The summed E-state index contributed by atoms with van der Waals surface area (Å²) in [5.41, 5.74) is 0. The average Bonchev–Trinajstić information content (AvgIpc) is 2.55. The van der Waals surface area contributed by atoms with Crippen molar-refractivity contribution in [3.8, 4) is 0 Å². The number of aliphatic hydroxyl groups excluding tert-OH is 1. The molecule has 0 saturated carbocycles. The van der Waals surface area contributed by atoms with Crippen LogP contribution in [0.25, 0.3) is 0 Å². The molecule has 0 aliphatic rings. The predicted octanol–water partition coefficient (Wildman–Crippen LogP) is 6.39. The fourth-order valence-electron chi connectivity index (χ4n) is 2.15. The largest absolute Gasteiger partial charge is 0.400 e. The second kappa shape index (κ2) is 11.6. The van der Waals surface area contributed by atoms with Crippen molar-refractivity contribution in [2.75, 3.05) is 13.4 Å². The van der Waals surface area contributed by atoms with Crippen molar-refractivity contribution >= 4 is 10.0 Å². The molecule has 128 valence electrons. The first-order valence-electron chi connectivity index (χ1n) is 7.98. The van der Waals surface area contributed by atoms with Crippen LogP contribution in [0.2, 0.25) is 0 Å². The van der Waals surface area contributed by atoms with Gasteiger partial charge in [0.25, 0.3) is 0 Å². The molecule has 1 aromatic rings. The van der Waals surface area contributed by atoms with Crippen LogP contribution in [0.5, 0.6) is 0 Å². The molecule has 1 atom stereocenters. The zero-order valence-electron chi connectivity index (χ0n) is 15.8. The first-order valence-corrected chi connectivity index (χ1v) is 10.0. The molecule has 2 heteroatoms. The van der Waals surface area contributed by atoms with E-state index in [1.165, 1.54) is 9.80 Å². The molecule has 1 aromatic carbocycles. The van der Waals surface area contributed by atoms with Crippen molar-refractivity contribution in [3.63, 3.8) is 0 Å². The molecule has 1 N–H and O–H groups in total. The predicted molar refractivity (Wildman–Crippen MR) is 106 cm³/mol. The summed E-state index contributed by atoms with van der Waals surface area (Å²) in [6.07, 6.45) is 7.86. The quantitative estimate of drug-likeness (QED) is 0.636. The topological polar surface area (TPSA) is 20.2 Å². The van der Waals surface area contributed by atoms with Gasteiger partial charge in [-0.1, -0.05) is 78.5 Å². The van der Waals surface area contributed by atoms with Crippen LogP contribution in [0.1, 0.15) is 48.0 Å². The standard InChI is InChI=1S/C17H26S.C2H6.CH4O/c1-7-12-15(8-2)18(6,17(3,4)5)16-13-10-9-11-14-16;2*1-2/h8-14H,2,7H2,1,3-6H3;1-2H3;2H,1H3/b15-12+;;. The molecular formula is C20H36OS. The van der Waals surface area contributed by atoms with Gasteiger partial charge in [-0.25, -0.2) is 0 Å². The van der Waals surface area contributed by atoms with Crippen LogP contribution in [-0.2, 0) is 0 Å². The minimum absolute atomic E-state index is 0.226. The van der Waals surface area contributed by atoms with E-state index in [0.717, 1.165) is 13.5 Å². The average molecular weight is 325 g/mol. The van der Waals surface area contributed by atoms with Gasteiger partial charge in [-0.2, -0.15) is 10.0 Å². The van der Waals surface area contributed by atoms with Gasteiger partial charge in [-0.05, 0) is 39.4 Å². The molecule has 22 heavy (non-hydrogen) atoms. The summed E-state index contributed by atoms with van der Waals surface area (Å²) in [7, 11) is -0.0438. The summed E-state index contributed by atoms with van der Waals surface area (Å²) in [4.78, 5) is 2.85. The van der Waals surface area contributed by atoms with Crippen molar-refractivity contribution in [1.82, 2.24) is 0 Å². The molecule has 0 heterocycles. The zero-order chi connectivity index (χ0) is 17.8. The third-order valence-corrected chi connectivity index (χ3v) is 8.46.